The molecule has 31 heavy (non-hydrogen) atoms. The Labute approximate surface area is 181 Å². The first-order valence-corrected chi connectivity index (χ1v) is 10.3. The van der Waals surface area contributed by atoms with Crippen LogP contribution < -0.4 is 4.74 Å². The van der Waals surface area contributed by atoms with E-state index in [-0.39, 0.29) is 36.3 Å². The molecule has 0 aliphatic carbocycles. The van der Waals surface area contributed by atoms with Crippen LogP contribution in [0.2, 0.25) is 0 Å². The van der Waals surface area contributed by atoms with Gasteiger partial charge >= 0.3 is 0 Å². The zero-order valence-corrected chi connectivity index (χ0v) is 17.9. The van der Waals surface area contributed by atoms with Crippen LogP contribution in [0.3, 0.4) is 0 Å². The molecule has 0 saturated carbocycles. The van der Waals surface area contributed by atoms with Crippen LogP contribution in [0.4, 0.5) is 0 Å². The molecule has 1 atom stereocenters. The molecule has 0 spiro atoms. The molecule has 3 rings (SSSR count). The van der Waals surface area contributed by atoms with Crippen molar-refractivity contribution in [2.24, 2.45) is 0 Å². The third-order valence-corrected chi connectivity index (χ3v) is 4.93. The van der Waals surface area contributed by atoms with Crippen molar-refractivity contribution in [3.8, 4) is 11.5 Å². The molecule has 1 aliphatic heterocycles. The van der Waals surface area contributed by atoms with Gasteiger partial charge in [-0.05, 0) is 50.6 Å². The average Bonchev–Trinajstić information content (AvgIpc) is 2.98. The van der Waals surface area contributed by atoms with Crippen molar-refractivity contribution in [3.05, 3.63) is 65.2 Å². The number of aliphatic hydroxyl groups excluding tert-OH is 1. The lowest BCUT2D eigenvalue weighted by atomic mass is 9.95. The van der Waals surface area contributed by atoms with Gasteiger partial charge in [-0.3, -0.25) is 9.59 Å². The van der Waals surface area contributed by atoms with E-state index in [0.29, 0.717) is 23.5 Å². The number of carbonyl (C=O) groups is 2. The molecule has 2 N–H and O–H groups in total. The van der Waals surface area contributed by atoms with Gasteiger partial charge in [0.1, 0.15) is 17.3 Å². The molecule has 0 radical (unpaired) electrons. The zero-order valence-electron chi connectivity index (χ0n) is 17.9. The van der Waals surface area contributed by atoms with Gasteiger partial charge in [-0.2, -0.15) is 0 Å². The minimum absolute atomic E-state index is 0.000128. The molecule has 7 nitrogen and oxygen atoms in total. The van der Waals surface area contributed by atoms with Crippen LogP contribution in [0.15, 0.2) is 54.1 Å². The maximum Gasteiger partial charge on any atom is 0.295 e. The normalized spacial score (nSPS) is 18.1. The maximum atomic E-state index is 13.0. The fourth-order valence-corrected chi connectivity index (χ4v) is 3.59. The van der Waals surface area contributed by atoms with E-state index in [1.165, 1.54) is 17.0 Å². The van der Waals surface area contributed by atoms with Gasteiger partial charge < -0.3 is 24.6 Å². The molecule has 1 saturated heterocycles. The molecule has 2 aromatic rings. The molecule has 1 unspecified atom stereocenters. The number of ketones is 1. The Morgan fingerprint density at radius 3 is 2.55 bits per heavy atom. The Morgan fingerprint density at radius 2 is 1.87 bits per heavy atom. The summed E-state index contributed by atoms with van der Waals surface area (Å²) >= 11 is 0. The van der Waals surface area contributed by atoms with Crippen LogP contribution in [0, 0.1) is 0 Å². The lowest BCUT2D eigenvalue weighted by Gasteiger charge is -2.25. The van der Waals surface area contributed by atoms with E-state index >= 15 is 0 Å². The number of hydrogen-bond donors (Lipinski definition) is 2. The Bertz CT molecular complexity index is 997. The second-order valence-corrected chi connectivity index (χ2v) is 7.47. The van der Waals surface area contributed by atoms with E-state index in [9.17, 15) is 19.8 Å². The van der Waals surface area contributed by atoms with E-state index in [2.05, 4.69) is 0 Å². The summed E-state index contributed by atoms with van der Waals surface area (Å²) in [7, 11) is 0. The van der Waals surface area contributed by atoms with Gasteiger partial charge in [0, 0.05) is 12.1 Å². The van der Waals surface area contributed by atoms with Crippen LogP contribution in [-0.2, 0) is 14.3 Å². The molecule has 0 bridgehead atoms. The highest BCUT2D eigenvalue weighted by molar-refractivity contribution is 6.46. The van der Waals surface area contributed by atoms with Crippen molar-refractivity contribution < 1.29 is 29.3 Å². The first-order valence-electron chi connectivity index (χ1n) is 10.3. The number of phenols is 1. The van der Waals surface area contributed by atoms with E-state index in [4.69, 9.17) is 9.47 Å². The number of nitrogens with zero attached hydrogens (tertiary/aromatic N) is 1. The second kappa shape index (κ2) is 9.66. The summed E-state index contributed by atoms with van der Waals surface area (Å²) in [4.78, 5) is 27.2. The summed E-state index contributed by atoms with van der Waals surface area (Å²) in [5.41, 5.74) is 0.854. The summed E-state index contributed by atoms with van der Waals surface area (Å²) in [5, 5.41) is 21.0. The molecule has 164 valence electrons. The molecule has 0 aromatic heterocycles. The highest BCUT2D eigenvalue weighted by Crippen LogP contribution is 2.40. The topological polar surface area (TPSA) is 96.3 Å². The van der Waals surface area contributed by atoms with Crippen LogP contribution in [0.1, 0.15) is 37.9 Å². The van der Waals surface area contributed by atoms with Crippen molar-refractivity contribution in [3.63, 3.8) is 0 Å². The summed E-state index contributed by atoms with van der Waals surface area (Å²) < 4.78 is 11.1. The number of hydrogen-bond acceptors (Lipinski definition) is 6. The van der Waals surface area contributed by atoms with Crippen molar-refractivity contribution in [1.29, 1.82) is 0 Å². The number of ether oxygens (including phenoxy) is 2. The van der Waals surface area contributed by atoms with E-state index in [1.807, 2.05) is 20.8 Å². The van der Waals surface area contributed by atoms with Crippen molar-refractivity contribution in [2.75, 3.05) is 19.8 Å². The number of aliphatic hydroxyl groups is 1. The van der Waals surface area contributed by atoms with E-state index in [0.717, 1.165) is 0 Å². The third kappa shape index (κ3) is 4.88. The Kier molecular flexibility index (Phi) is 6.97. The number of aromatic hydroxyl groups is 1. The summed E-state index contributed by atoms with van der Waals surface area (Å²) in [6, 6.07) is 12.2. The molecule has 2 aromatic carbocycles. The maximum absolute atomic E-state index is 13.0. The first kappa shape index (κ1) is 22.4. The number of benzene rings is 2. The zero-order chi connectivity index (χ0) is 22.5. The van der Waals surface area contributed by atoms with Gasteiger partial charge in [0.15, 0.2) is 0 Å². The van der Waals surface area contributed by atoms with Crippen LogP contribution in [0.5, 0.6) is 11.5 Å². The van der Waals surface area contributed by atoms with E-state index < -0.39 is 17.7 Å². The third-order valence-electron chi connectivity index (χ3n) is 4.93. The highest BCUT2D eigenvalue weighted by Gasteiger charge is 2.46. The van der Waals surface area contributed by atoms with Gasteiger partial charge in [-0.25, -0.2) is 0 Å². The van der Waals surface area contributed by atoms with Gasteiger partial charge in [-0.1, -0.05) is 24.3 Å². The monoisotopic (exact) mass is 425 g/mol. The SMILES string of the molecule is CCOc1cccc(/C(O)=C2/C(=O)C(=O)N(CCOC(C)C)C2c2cccc(O)c2)c1. The molecule has 1 amide bonds. The number of amides is 1. The quantitative estimate of drug-likeness (QED) is 0.381. The summed E-state index contributed by atoms with van der Waals surface area (Å²) in [6.45, 7) is 6.46. The van der Waals surface area contributed by atoms with E-state index in [1.54, 1.807) is 36.4 Å². The molecular weight excluding hydrogens is 398 g/mol. The predicted octanol–water partition coefficient (Wildman–Crippen LogP) is 3.64. The largest absolute Gasteiger partial charge is 0.508 e. The first-order chi connectivity index (χ1) is 14.8. The lowest BCUT2D eigenvalue weighted by Crippen LogP contribution is -2.33. The lowest BCUT2D eigenvalue weighted by molar-refractivity contribution is -0.140. The Hall–Kier alpha value is -3.32. The van der Waals surface area contributed by atoms with Crippen molar-refractivity contribution in [1.82, 2.24) is 4.90 Å². The van der Waals surface area contributed by atoms with Crippen LogP contribution in [-0.4, -0.2) is 52.7 Å². The number of likely N-dealkylation sites (tertiary alicyclic amines) is 1. The van der Waals surface area contributed by atoms with Crippen molar-refractivity contribution >= 4 is 17.4 Å². The molecule has 1 heterocycles. The fraction of sp³-hybridized carbons (Fsp3) is 0.333. The summed E-state index contributed by atoms with van der Waals surface area (Å²) in [5.74, 6) is -1.25. The molecule has 1 fully saturated rings. The number of phenolic OH excluding ortho intramolecular Hbond substituents is 1. The molecule has 1 aliphatic rings. The number of rotatable bonds is 8. The average molecular weight is 425 g/mol. The van der Waals surface area contributed by atoms with Crippen LogP contribution >= 0.6 is 0 Å². The predicted molar refractivity (Wildman–Crippen MR) is 116 cm³/mol. The Balaban J connectivity index is 2.09. The molecular formula is C24H27NO6. The highest BCUT2D eigenvalue weighted by atomic mass is 16.5. The van der Waals surface area contributed by atoms with Gasteiger partial charge in [0.2, 0.25) is 0 Å². The van der Waals surface area contributed by atoms with Gasteiger partial charge in [-0.15, -0.1) is 0 Å². The van der Waals surface area contributed by atoms with Crippen molar-refractivity contribution in [2.45, 2.75) is 32.9 Å². The number of carbonyl (C=O) groups excluding carboxylic acids is 2. The Morgan fingerprint density at radius 1 is 1.13 bits per heavy atom. The van der Waals surface area contributed by atoms with Gasteiger partial charge in [0.05, 0.1) is 30.9 Å². The number of Topliss-reactive ketones (excluding diaryl/α,β-unsaturated/α-hetero) is 1. The van der Waals surface area contributed by atoms with Gasteiger partial charge in [0.25, 0.3) is 11.7 Å². The fourth-order valence-electron chi connectivity index (χ4n) is 3.59. The van der Waals surface area contributed by atoms with Crippen LogP contribution in [0.25, 0.3) is 5.76 Å². The standard InChI is InChI=1S/C24H27NO6/c1-4-30-19-10-6-8-17(14-19)22(27)20-21(16-7-5-9-18(26)13-16)25(24(29)23(20)28)11-12-31-15(2)3/h5-10,13-15,21,26-27H,4,11-12H2,1-3H3/b22-20-. The minimum Gasteiger partial charge on any atom is -0.508 e. The molecule has 7 heteroatoms. The second-order valence-electron chi connectivity index (χ2n) is 7.47. The minimum atomic E-state index is -0.849. The smallest absolute Gasteiger partial charge is 0.295 e. The summed E-state index contributed by atoms with van der Waals surface area (Å²) in [6.07, 6.45) is -0.0302.